The van der Waals surface area contributed by atoms with Gasteiger partial charge < -0.3 is 15.6 Å². The number of halogens is 5. The number of Topliss-reactive ketones (excluding diaryl/α,β-unsaturated/α-hetero) is 1. The van der Waals surface area contributed by atoms with Crippen LogP contribution in [0, 0.1) is 11.8 Å². The number of ketones is 1. The molecule has 1 saturated carbocycles. The lowest BCUT2D eigenvalue weighted by Gasteiger charge is -2.32. The number of hydrogen-bond donors (Lipinski definition) is 2. The van der Waals surface area contributed by atoms with Gasteiger partial charge in [0.1, 0.15) is 0 Å². The number of nitrogen functional groups attached to an aromatic ring is 1. The van der Waals surface area contributed by atoms with E-state index in [2.05, 4.69) is 36.8 Å². The van der Waals surface area contributed by atoms with Gasteiger partial charge in [0.2, 0.25) is 5.91 Å². The Balaban J connectivity index is 1.23. The zero-order chi connectivity index (χ0) is 27.4. The van der Waals surface area contributed by atoms with Crippen LogP contribution in [0.4, 0.5) is 18.9 Å². The van der Waals surface area contributed by atoms with Crippen LogP contribution in [0.15, 0.2) is 56.3 Å². The molecule has 7 nitrogen and oxygen atoms in total. The van der Waals surface area contributed by atoms with Crippen LogP contribution in [-0.4, -0.2) is 39.2 Å². The molecule has 1 aromatic heterocycles. The predicted molar refractivity (Wildman–Crippen MR) is 143 cm³/mol. The fraction of sp³-hybridized carbons (Fsp3) is 0.346. The molecular weight excluding hydrogens is 633 g/mol. The Morgan fingerprint density at radius 2 is 1.66 bits per heavy atom. The second-order valence-corrected chi connectivity index (χ2v) is 11.4. The molecule has 2 aromatic carbocycles. The topological polar surface area (TPSA) is 101 Å². The molecule has 3 N–H and O–H groups in total. The van der Waals surface area contributed by atoms with Crippen LogP contribution >= 0.6 is 31.9 Å². The minimum absolute atomic E-state index is 0.0865. The molecule has 5 rings (SSSR count). The second kappa shape index (κ2) is 10.0. The lowest BCUT2D eigenvalue weighted by Crippen LogP contribution is -2.41. The molecule has 3 aromatic rings. The highest BCUT2D eigenvalue weighted by molar-refractivity contribution is 9.11. The maximum Gasteiger partial charge on any atom is 0.417 e. The van der Waals surface area contributed by atoms with Gasteiger partial charge in [-0.05, 0) is 69.3 Å². The number of nitrogens with zero attached hydrogens (tertiary/aromatic N) is 2. The third kappa shape index (κ3) is 5.07. The monoisotopic (exact) mass is 654 g/mol. The first-order chi connectivity index (χ1) is 18.0. The van der Waals surface area contributed by atoms with Crippen LogP contribution < -0.4 is 11.4 Å². The summed E-state index contributed by atoms with van der Waals surface area (Å²) in [6, 6.07) is 8.17. The van der Waals surface area contributed by atoms with E-state index >= 15 is 0 Å². The summed E-state index contributed by atoms with van der Waals surface area (Å²) in [6.07, 6.45) is -1.69. The standard InChI is InChI=1S/C26H23Br2F3N4O3/c27-19-9-13(10-20(28)22(19)32)23(36)16-11-17(16)24(37)34-7-5-14(6-8-34)35-12-21(33-25(35)38)15-3-1-2-4-18(15)26(29,30)31/h1-4,9-10,12,14,16-17H,5-8,11,32H2,(H,33,38). The number of nitrogens with one attached hydrogen (secondary N) is 1. The molecule has 2 unspecified atom stereocenters. The molecule has 1 aliphatic carbocycles. The number of piperidine rings is 1. The van der Waals surface area contributed by atoms with Gasteiger partial charge in [0.05, 0.1) is 16.9 Å². The van der Waals surface area contributed by atoms with Crippen molar-refractivity contribution in [3.8, 4) is 11.3 Å². The molecule has 1 aliphatic heterocycles. The molecular formula is C26H23Br2F3N4O3. The Labute approximate surface area is 232 Å². The third-order valence-electron chi connectivity index (χ3n) is 7.24. The average Bonchev–Trinajstić information content (AvgIpc) is 3.60. The van der Waals surface area contributed by atoms with Crippen molar-refractivity contribution in [3.63, 3.8) is 0 Å². The predicted octanol–water partition coefficient (Wildman–Crippen LogP) is 5.65. The van der Waals surface area contributed by atoms with Gasteiger partial charge in [-0.15, -0.1) is 0 Å². The highest BCUT2D eigenvalue weighted by Crippen LogP contribution is 2.44. The highest BCUT2D eigenvalue weighted by Gasteiger charge is 2.50. The number of amides is 1. The molecule has 2 heterocycles. The molecule has 2 atom stereocenters. The Morgan fingerprint density at radius 3 is 2.29 bits per heavy atom. The minimum atomic E-state index is -4.55. The van der Waals surface area contributed by atoms with Crippen LogP contribution in [0.25, 0.3) is 11.3 Å². The molecule has 0 radical (unpaired) electrons. The summed E-state index contributed by atoms with van der Waals surface area (Å²) in [5, 5.41) is 0. The van der Waals surface area contributed by atoms with E-state index in [0.717, 1.165) is 6.07 Å². The van der Waals surface area contributed by atoms with E-state index in [0.29, 0.717) is 52.5 Å². The number of anilines is 1. The zero-order valence-corrected chi connectivity index (χ0v) is 23.1. The number of imidazole rings is 1. The van der Waals surface area contributed by atoms with Gasteiger partial charge in [0.15, 0.2) is 5.78 Å². The number of nitrogens with two attached hydrogens (primary N) is 1. The molecule has 0 bridgehead atoms. The first-order valence-electron chi connectivity index (χ1n) is 12.0. The number of aromatic amines is 1. The van der Waals surface area contributed by atoms with E-state index in [9.17, 15) is 27.6 Å². The Bertz CT molecular complexity index is 1450. The maximum atomic E-state index is 13.4. The van der Waals surface area contributed by atoms with Crippen molar-refractivity contribution in [2.24, 2.45) is 11.8 Å². The first kappa shape index (κ1) is 26.7. The van der Waals surface area contributed by atoms with Crippen LogP contribution in [0.3, 0.4) is 0 Å². The van der Waals surface area contributed by atoms with Crippen molar-refractivity contribution in [2.75, 3.05) is 18.8 Å². The van der Waals surface area contributed by atoms with Crippen molar-refractivity contribution >= 4 is 49.2 Å². The van der Waals surface area contributed by atoms with Crippen LogP contribution in [-0.2, 0) is 11.0 Å². The SMILES string of the molecule is Nc1c(Br)cc(C(=O)C2CC2C(=O)N2CCC(n3cc(-c4ccccc4C(F)(F)F)[nH]c3=O)CC2)cc1Br. The molecule has 2 fully saturated rings. The van der Waals surface area contributed by atoms with Gasteiger partial charge in [0, 0.05) is 57.2 Å². The number of H-pyrrole nitrogens is 1. The third-order valence-corrected chi connectivity index (χ3v) is 8.56. The van der Waals surface area contributed by atoms with Crippen LogP contribution in [0.2, 0.25) is 0 Å². The number of likely N-dealkylation sites (tertiary alicyclic amines) is 1. The van der Waals surface area contributed by atoms with Crippen molar-refractivity contribution < 1.29 is 22.8 Å². The summed E-state index contributed by atoms with van der Waals surface area (Å²) in [5.41, 5.74) is 5.57. The van der Waals surface area contributed by atoms with Gasteiger partial charge in [-0.25, -0.2) is 4.79 Å². The number of hydrogen-bond acceptors (Lipinski definition) is 4. The summed E-state index contributed by atoms with van der Waals surface area (Å²) < 4.78 is 43.0. The molecule has 12 heteroatoms. The minimum Gasteiger partial charge on any atom is -0.397 e. The summed E-state index contributed by atoms with van der Waals surface area (Å²) in [5.74, 6) is -0.956. The fourth-order valence-corrected chi connectivity index (χ4v) is 6.27. The number of benzene rings is 2. The largest absolute Gasteiger partial charge is 0.417 e. The normalized spacial score (nSPS) is 20.0. The average molecular weight is 656 g/mol. The van der Waals surface area contributed by atoms with Gasteiger partial charge in [-0.1, -0.05) is 18.2 Å². The Kier molecular flexibility index (Phi) is 7.06. The van der Waals surface area contributed by atoms with Crippen molar-refractivity contribution in [1.29, 1.82) is 0 Å². The van der Waals surface area contributed by atoms with E-state index in [1.807, 2.05) is 0 Å². The molecule has 38 heavy (non-hydrogen) atoms. The second-order valence-electron chi connectivity index (χ2n) is 9.65. The van der Waals surface area contributed by atoms with Gasteiger partial charge in [0.25, 0.3) is 0 Å². The fourth-order valence-electron chi connectivity index (χ4n) is 5.08. The zero-order valence-electron chi connectivity index (χ0n) is 19.9. The first-order valence-corrected chi connectivity index (χ1v) is 13.6. The van der Waals surface area contributed by atoms with Gasteiger partial charge >= 0.3 is 11.9 Å². The van der Waals surface area contributed by atoms with Crippen molar-refractivity contribution in [3.05, 3.63) is 73.2 Å². The summed E-state index contributed by atoms with van der Waals surface area (Å²) >= 11 is 6.68. The van der Waals surface area contributed by atoms with E-state index in [4.69, 9.17) is 5.73 Å². The van der Waals surface area contributed by atoms with E-state index in [1.165, 1.54) is 29.0 Å². The number of alkyl halides is 3. The Morgan fingerprint density at radius 1 is 1.03 bits per heavy atom. The van der Waals surface area contributed by atoms with Gasteiger partial charge in [-0.2, -0.15) is 13.2 Å². The van der Waals surface area contributed by atoms with Gasteiger partial charge in [-0.3, -0.25) is 14.2 Å². The molecule has 0 spiro atoms. The molecule has 2 aliphatic rings. The number of carbonyl (C=O) groups excluding carboxylic acids is 2. The van der Waals surface area contributed by atoms with Crippen molar-refractivity contribution in [2.45, 2.75) is 31.5 Å². The number of aromatic nitrogens is 2. The highest BCUT2D eigenvalue weighted by atomic mass is 79.9. The smallest absolute Gasteiger partial charge is 0.397 e. The van der Waals surface area contributed by atoms with E-state index in [1.54, 1.807) is 17.0 Å². The lowest BCUT2D eigenvalue weighted by molar-refractivity contribution is -0.137. The number of carbonyl (C=O) groups is 2. The molecule has 1 amide bonds. The summed E-state index contributed by atoms with van der Waals surface area (Å²) in [7, 11) is 0. The lowest BCUT2D eigenvalue weighted by atomic mass is 10.0. The quantitative estimate of drug-likeness (QED) is 0.274. The van der Waals surface area contributed by atoms with Crippen LogP contribution in [0.1, 0.15) is 41.2 Å². The molecule has 200 valence electrons. The maximum absolute atomic E-state index is 13.4. The van der Waals surface area contributed by atoms with Crippen LogP contribution in [0.5, 0.6) is 0 Å². The summed E-state index contributed by atoms with van der Waals surface area (Å²) in [4.78, 5) is 42.9. The van der Waals surface area contributed by atoms with Crippen molar-refractivity contribution in [1.82, 2.24) is 14.5 Å². The molecule has 1 saturated heterocycles. The van der Waals surface area contributed by atoms with E-state index in [-0.39, 0.29) is 40.8 Å². The number of rotatable bonds is 5. The summed E-state index contributed by atoms with van der Waals surface area (Å²) in [6.45, 7) is 0.790. The Hall–Kier alpha value is -2.86. The van der Waals surface area contributed by atoms with E-state index < -0.39 is 17.4 Å².